The van der Waals surface area contributed by atoms with E-state index in [4.69, 9.17) is 23.7 Å². The van der Waals surface area contributed by atoms with Crippen molar-refractivity contribution < 1.29 is 156 Å². The number of likely N-dealkylation sites (tertiary alicyclic amines) is 1. The van der Waals surface area contributed by atoms with E-state index < -0.39 is 171 Å². The number of hydrogen-bond donors (Lipinski definition) is 17. The molecule has 24 atom stereocenters. The van der Waals surface area contributed by atoms with E-state index >= 15 is 0 Å². The number of aromatic nitrogens is 7. The molecule has 0 saturated carbocycles. The maximum atomic E-state index is 14.7. The number of aliphatic hydroxyl groups excluding tert-OH is 11. The molecule has 0 spiro atoms. The molecule has 3 saturated heterocycles. The Bertz CT molecular complexity index is 4680. The Kier molecular flexibility index (Phi) is 41.1. The number of likely N-dealkylation sites (N-methyl/N-ethyl adjacent to an activating group) is 2. The van der Waals surface area contributed by atoms with Gasteiger partial charge in [0.25, 0.3) is 5.79 Å². The van der Waals surface area contributed by atoms with Crippen molar-refractivity contribution in [3.63, 3.8) is 0 Å². The number of aromatic amines is 1. The molecule has 4 aliphatic heterocycles. The van der Waals surface area contributed by atoms with E-state index in [1.54, 1.807) is 92.3 Å². The first-order valence-corrected chi connectivity index (χ1v) is 45.0. The minimum Gasteiger partial charge on any atom is -0.477 e. The summed E-state index contributed by atoms with van der Waals surface area (Å²) < 4.78 is 29.9. The Morgan fingerprint density at radius 2 is 1.42 bits per heavy atom. The number of carboxylic acid groups (broad SMARTS) is 1. The first kappa shape index (κ1) is 108. The standard InChI is InChI=1S/C54H88N10O11S.C35H43N5O14.Y/c1-13-33(7)47(42(74-11)29-44(68)64-25-18-21-39(64)50(75-12)34(8)51(71)57-38(53-56-24-26-76-53)27-35-19-16-15-17-20-35)63(10)54(73)45(31(3)4)58-52(72)46(32(5)6)62(9)30-41(66)49(70)48(69)40(65)28-37-36(59-61-60-37)22-23-55-43(67)14-2;1-3-24(44)39-13-17-8-4-5-9-18(17)27-25(19-10-6-7-11-20(19)39)37-38-40(27)14-22(43)28(45)32-26(36-16(2)41)21(42)12-35(54-32,34(50)51)52-15-23-29(46)30(47)31(48)33(49)53-23;/h15-17,19-20,24,26,31-34,38-42,45-50,65-66,69-70H,13-14,18,21-23,25,27-30H2,1-12H3,(H,55,67)(H,57,71)(H,58,72)(H,59,60,61);4-11,21-23,26,28-33,42-43,45-49H,3,12-15H2,1-2H3,(H,36,41)(H,50,51);. The maximum Gasteiger partial charge on any atom is 0.364 e. The molecule has 42 heteroatoms. The summed E-state index contributed by atoms with van der Waals surface area (Å²) in [6.07, 6.45) is -20.6. The molecule has 10 rings (SSSR count). The molecule has 721 valence electrons. The Morgan fingerprint density at radius 3 is 2.05 bits per heavy atom. The van der Waals surface area contributed by atoms with Gasteiger partial charge in [-0.2, -0.15) is 15.4 Å². The number of aliphatic carboxylic acids is 1. The first-order valence-electron chi connectivity index (χ1n) is 44.2. The Balaban J connectivity index is 0.000000338. The number of thiazole rings is 1. The normalized spacial score (nSPS) is 23.4. The average Bonchev–Trinajstić information content (AvgIpc) is 1.64. The van der Waals surface area contributed by atoms with Gasteiger partial charge in [-0.05, 0) is 61.3 Å². The van der Waals surface area contributed by atoms with Crippen LogP contribution in [0.15, 0.2) is 90.4 Å². The number of nitrogens with zero attached hydrogens (tertiary/aromatic N) is 10. The third kappa shape index (κ3) is 26.7. The summed E-state index contributed by atoms with van der Waals surface area (Å²) >= 11 is 1.48. The van der Waals surface area contributed by atoms with Gasteiger partial charge in [0, 0.05) is 135 Å². The second-order valence-corrected chi connectivity index (χ2v) is 35.5. The zero-order valence-corrected chi connectivity index (χ0v) is 80.2. The van der Waals surface area contributed by atoms with E-state index in [9.17, 15) is 99.6 Å². The molecule has 6 aromatic rings. The van der Waals surface area contributed by atoms with Gasteiger partial charge in [0.15, 0.2) is 6.29 Å². The molecule has 3 aromatic carbocycles. The van der Waals surface area contributed by atoms with Gasteiger partial charge in [-0.15, -0.1) is 16.4 Å². The topological polar surface area (TPSA) is 572 Å². The molecular formula is C89H131N15O25SY. The fourth-order valence-corrected chi connectivity index (χ4v) is 18.2. The number of carbonyl (C=O) groups is 8. The number of methoxy groups -OCH3 is 2. The number of carbonyl (C=O) groups excluding carboxylic acids is 7. The molecule has 0 aliphatic carbocycles. The largest absolute Gasteiger partial charge is 0.477 e. The van der Waals surface area contributed by atoms with Crippen LogP contribution in [0.25, 0.3) is 22.5 Å². The molecule has 3 fully saturated rings. The third-order valence-electron chi connectivity index (χ3n) is 24.9. The van der Waals surface area contributed by atoms with Crippen LogP contribution in [0, 0.1) is 23.7 Å². The molecule has 1 radical (unpaired) electrons. The number of rotatable bonds is 42. The van der Waals surface area contributed by atoms with Gasteiger partial charge in [-0.25, -0.2) is 14.5 Å². The molecule has 40 nitrogen and oxygen atoms in total. The van der Waals surface area contributed by atoms with Gasteiger partial charge in [0.05, 0.1) is 116 Å². The van der Waals surface area contributed by atoms with Crippen LogP contribution in [-0.2, 0) is 127 Å². The van der Waals surface area contributed by atoms with Crippen LogP contribution >= 0.6 is 11.3 Å². The third-order valence-corrected chi connectivity index (χ3v) is 25.7. The summed E-state index contributed by atoms with van der Waals surface area (Å²) in [4.78, 5) is 118. The summed E-state index contributed by atoms with van der Waals surface area (Å²) in [5.41, 5.74) is 5.22. The van der Waals surface area contributed by atoms with Crippen molar-refractivity contribution in [1.82, 2.24) is 71.4 Å². The maximum absolute atomic E-state index is 14.7. The molecule has 17 N–H and O–H groups in total. The minimum atomic E-state index is -2.78. The van der Waals surface area contributed by atoms with E-state index in [0.29, 0.717) is 84.7 Å². The van der Waals surface area contributed by atoms with Gasteiger partial charge in [-0.3, -0.25) is 38.5 Å². The molecule has 7 heterocycles. The second-order valence-electron chi connectivity index (χ2n) is 34.6. The fraction of sp³-hybridized carbons (Fsp3) is 0.629. The summed E-state index contributed by atoms with van der Waals surface area (Å²) in [6.45, 7) is 17.0. The van der Waals surface area contributed by atoms with Crippen molar-refractivity contribution in [2.45, 2.75) is 280 Å². The number of nitrogens with one attached hydrogen (secondary N) is 5. The van der Waals surface area contributed by atoms with Crippen LogP contribution < -0.4 is 26.2 Å². The van der Waals surface area contributed by atoms with E-state index in [1.165, 1.54) is 28.0 Å². The number of anilines is 1. The number of carboxylic acids is 1. The first-order chi connectivity index (χ1) is 61.8. The summed E-state index contributed by atoms with van der Waals surface area (Å²) in [5.74, 6) is -8.29. The van der Waals surface area contributed by atoms with Crippen molar-refractivity contribution in [2.75, 3.05) is 59.5 Å². The molecular weight excluding hydrogens is 1800 g/mol. The van der Waals surface area contributed by atoms with E-state index in [-0.39, 0.29) is 125 Å². The number of hydrogen-bond acceptors (Lipinski definition) is 31. The Hall–Kier alpha value is -8.25. The molecule has 7 amide bonds. The smallest absolute Gasteiger partial charge is 0.364 e. The molecule has 0 bridgehead atoms. The second kappa shape index (κ2) is 49.8. The van der Waals surface area contributed by atoms with Crippen molar-refractivity contribution in [3.05, 3.63) is 118 Å². The SMILES string of the molecule is CCC(=O)N1Cc2ccccc2-c2c(nnn2CC(O)C(O)C2OC(OCC3OC(O)C(O)C(O)C3O)(C(=O)O)CC(O)C2NC(C)=O)-c2ccccc21.CCC(=O)NCCc1n[nH]nc1CC(O)C(O)C(O)C(O)CN(C)C(C(=O)NC(C(=O)N(C)C(C(C)CC)C(CC(=O)N1CCCC1C(OC)C(C)C(=O)NC(Cc1ccccc1)c1nccs1)OC)C(C)C)C(C)C.[Y]. The van der Waals surface area contributed by atoms with E-state index in [1.807, 2.05) is 96.3 Å². The van der Waals surface area contributed by atoms with Crippen LogP contribution in [0.5, 0.6) is 0 Å². The quantitative estimate of drug-likeness (QED) is 0.0245. The summed E-state index contributed by atoms with van der Waals surface area (Å²) in [5, 5.41) is 162. The van der Waals surface area contributed by atoms with Crippen molar-refractivity contribution >= 4 is 64.3 Å². The van der Waals surface area contributed by atoms with Crippen LogP contribution in [-0.4, -0.2) is 341 Å². The van der Waals surface area contributed by atoms with Gasteiger partial charge in [0.1, 0.15) is 71.7 Å². The number of amides is 7. The van der Waals surface area contributed by atoms with Crippen molar-refractivity contribution in [2.24, 2.45) is 23.7 Å². The zero-order chi connectivity index (χ0) is 95.4. The molecule has 3 aromatic heterocycles. The van der Waals surface area contributed by atoms with Crippen LogP contribution in [0.4, 0.5) is 5.69 Å². The van der Waals surface area contributed by atoms with Gasteiger partial charge in [-0.1, -0.05) is 147 Å². The van der Waals surface area contributed by atoms with Crippen molar-refractivity contribution in [1.29, 1.82) is 0 Å². The average molecular weight is 1930 g/mol. The molecule has 131 heavy (non-hydrogen) atoms. The van der Waals surface area contributed by atoms with Crippen LogP contribution in [0.2, 0.25) is 0 Å². The predicted molar refractivity (Wildman–Crippen MR) is 471 cm³/mol. The van der Waals surface area contributed by atoms with Crippen molar-refractivity contribution in [3.8, 4) is 22.5 Å². The number of H-pyrrole nitrogens is 1. The van der Waals surface area contributed by atoms with Gasteiger partial charge < -0.3 is 121 Å². The Labute approximate surface area is 790 Å². The number of benzene rings is 3. The monoisotopic (exact) mass is 1930 g/mol. The molecule has 4 aliphatic rings. The number of ether oxygens (including phenoxy) is 5. The van der Waals surface area contributed by atoms with Gasteiger partial charge in [0.2, 0.25) is 41.4 Å². The van der Waals surface area contributed by atoms with E-state index in [0.717, 1.165) is 23.1 Å². The number of para-hydroxylation sites is 1. The fourth-order valence-electron chi connectivity index (χ4n) is 17.5. The predicted octanol–water partition coefficient (Wildman–Crippen LogP) is 0.274. The molecule has 24 unspecified atom stereocenters. The van der Waals surface area contributed by atoms with Crippen LogP contribution in [0.3, 0.4) is 0 Å². The summed E-state index contributed by atoms with van der Waals surface area (Å²) in [7, 11) is 6.33. The number of fused-ring (bicyclic) bond motifs is 5. The summed E-state index contributed by atoms with van der Waals surface area (Å²) in [6, 6.07) is 19.6. The zero-order valence-electron chi connectivity index (χ0n) is 76.5. The minimum absolute atomic E-state index is 0. The Morgan fingerprint density at radius 1 is 0.756 bits per heavy atom. The van der Waals surface area contributed by atoms with E-state index in [2.05, 4.69) is 52.0 Å². The van der Waals surface area contributed by atoms with Crippen LogP contribution in [0.1, 0.15) is 148 Å². The number of aliphatic hydroxyl groups is 11. The van der Waals surface area contributed by atoms with Gasteiger partial charge >= 0.3 is 5.97 Å².